The Morgan fingerprint density at radius 1 is 1.30 bits per heavy atom. The summed E-state index contributed by atoms with van der Waals surface area (Å²) in [6.45, 7) is 7.30. The number of rotatable bonds is 9. The molecule has 0 radical (unpaired) electrons. The number of carbonyl (C=O) groups excluding carboxylic acids is 1. The number of aromatic nitrogens is 1. The zero-order valence-corrected chi connectivity index (χ0v) is 19.1. The van der Waals surface area contributed by atoms with Crippen LogP contribution in [-0.2, 0) is 11.3 Å². The molecule has 1 saturated heterocycles. The van der Waals surface area contributed by atoms with Crippen LogP contribution in [0.15, 0.2) is 12.1 Å². The number of ether oxygens (including phenoxy) is 2. The second kappa shape index (κ2) is 11.3. The molecular weight excluding hydrogens is 458 g/mol. The number of amides is 2. The third kappa shape index (κ3) is 6.59. The first-order valence-corrected chi connectivity index (χ1v) is 11.2. The predicted molar refractivity (Wildman–Crippen MR) is 118 cm³/mol. The normalized spacial score (nSPS) is 15.2. The fourth-order valence-electron chi connectivity index (χ4n) is 3.29. The first-order valence-electron chi connectivity index (χ1n) is 10.4. The summed E-state index contributed by atoms with van der Waals surface area (Å²) in [5.74, 6) is -3.53. The van der Waals surface area contributed by atoms with Crippen LogP contribution in [0.1, 0.15) is 28.4 Å². The summed E-state index contributed by atoms with van der Waals surface area (Å²) >= 11 is 0.723. The van der Waals surface area contributed by atoms with Crippen molar-refractivity contribution in [2.75, 3.05) is 44.7 Å². The lowest BCUT2D eigenvalue weighted by molar-refractivity contribution is 0.0320. The molecule has 1 unspecified atom stereocenters. The van der Waals surface area contributed by atoms with Crippen molar-refractivity contribution in [3.63, 3.8) is 0 Å². The van der Waals surface area contributed by atoms with Crippen molar-refractivity contribution in [2.45, 2.75) is 20.5 Å². The van der Waals surface area contributed by atoms with Crippen LogP contribution in [0.5, 0.6) is 5.88 Å². The quantitative estimate of drug-likeness (QED) is 0.501. The highest BCUT2D eigenvalue weighted by Gasteiger charge is 2.24. The molecule has 2 heterocycles. The number of aryl methyl sites for hydroxylation is 1. The highest BCUT2D eigenvalue weighted by Crippen LogP contribution is 2.31. The van der Waals surface area contributed by atoms with Gasteiger partial charge in [-0.15, -0.1) is 0 Å². The molecule has 1 aromatic carbocycles. The van der Waals surface area contributed by atoms with Gasteiger partial charge in [0.1, 0.15) is 11.6 Å². The number of nitrogens with zero attached hydrogens (tertiary/aromatic N) is 2. The van der Waals surface area contributed by atoms with Gasteiger partial charge < -0.3 is 19.9 Å². The van der Waals surface area contributed by atoms with Gasteiger partial charge in [0.05, 0.1) is 13.2 Å². The number of hydrogen-bond donors (Lipinski definition) is 3. The molecule has 1 aliphatic heterocycles. The number of carboxylic acid groups (broad SMARTS) is 1. The van der Waals surface area contributed by atoms with Gasteiger partial charge in [-0.1, -0.05) is 19.1 Å². The molecule has 12 heteroatoms. The summed E-state index contributed by atoms with van der Waals surface area (Å²) < 4.78 is 42.3. The Morgan fingerprint density at radius 3 is 2.73 bits per heavy atom. The fourth-order valence-corrected chi connectivity index (χ4v) is 4.02. The zero-order valence-electron chi connectivity index (χ0n) is 18.3. The standard InChI is InChI=1S/C21H26F2N4O5S/c1-12(10-27-5-7-31-8-6-27)9-24-21(30)25-19-15(20(28)29)18(26-33-19)32-11-14-4-3-13(2)16(22)17(14)23/h3-4,12H,5-11H2,1-2H3,(H,28,29)(H2,24,25,30). The Kier molecular flexibility index (Phi) is 8.53. The molecule has 2 amide bonds. The van der Waals surface area contributed by atoms with Gasteiger partial charge in [0.15, 0.2) is 17.2 Å². The highest BCUT2D eigenvalue weighted by molar-refractivity contribution is 7.11. The van der Waals surface area contributed by atoms with Crippen molar-refractivity contribution in [2.24, 2.45) is 5.92 Å². The first kappa shape index (κ1) is 24.8. The van der Waals surface area contributed by atoms with Gasteiger partial charge >= 0.3 is 12.0 Å². The summed E-state index contributed by atoms with van der Waals surface area (Å²) in [7, 11) is 0. The van der Waals surface area contributed by atoms with Crippen molar-refractivity contribution in [1.29, 1.82) is 0 Å². The summed E-state index contributed by atoms with van der Waals surface area (Å²) in [5, 5.41) is 14.7. The molecule has 1 aliphatic rings. The maximum atomic E-state index is 14.0. The molecule has 180 valence electrons. The van der Waals surface area contributed by atoms with Crippen molar-refractivity contribution >= 4 is 28.5 Å². The van der Waals surface area contributed by atoms with Crippen LogP contribution in [0, 0.1) is 24.5 Å². The molecule has 1 aromatic heterocycles. The van der Waals surface area contributed by atoms with Crippen LogP contribution >= 0.6 is 11.5 Å². The van der Waals surface area contributed by atoms with Gasteiger partial charge in [-0.25, -0.2) is 18.4 Å². The number of anilines is 1. The Labute approximate surface area is 193 Å². The second-order valence-electron chi connectivity index (χ2n) is 7.81. The number of nitrogens with one attached hydrogen (secondary N) is 2. The molecule has 0 aliphatic carbocycles. The van der Waals surface area contributed by atoms with E-state index in [1.54, 1.807) is 0 Å². The van der Waals surface area contributed by atoms with Gasteiger partial charge in [0.25, 0.3) is 0 Å². The van der Waals surface area contributed by atoms with Gasteiger partial charge in [0, 0.05) is 31.7 Å². The average molecular weight is 485 g/mol. The van der Waals surface area contributed by atoms with Crippen LogP contribution < -0.4 is 15.4 Å². The SMILES string of the molecule is Cc1ccc(COc2nsc(NC(=O)NCC(C)CN3CCOCC3)c2C(=O)O)c(F)c1F. The van der Waals surface area contributed by atoms with E-state index >= 15 is 0 Å². The molecular formula is C21H26F2N4O5S. The minimum Gasteiger partial charge on any atom is -0.477 e. The molecule has 9 nitrogen and oxygen atoms in total. The van der Waals surface area contributed by atoms with Crippen LogP contribution in [0.4, 0.5) is 18.6 Å². The molecule has 2 aromatic rings. The number of halogens is 2. The van der Waals surface area contributed by atoms with Gasteiger partial charge in [0.2, 0.25) is 5.88 Å². The molecule has 0 bridgehead atoms. The van der Waals surface area contributed by atoms with E-state index < -0.39 is 30.2 Å². The maximum absolute atomic E-state index is 14.0. The monoisotopic (exact) mass is 484 g/mol. The third-order valence-electron chi connectivity index (χ3n) is 5.11. The third-order valence-corrected chi connectivity index (χ3v) is 5.85. The number of carbonyl (C=O) groups is 2. The summed E-state index contributed by atoms with van der Waals surface area (Å²) in [6, 6.07) is 2.17. The topological polar surface area (TPSA) is 113 Å². The molecule has 1 atom stereocenters. The minimum atomic E-state index is -1.37. The van der Waals surface area contributed by atoms with Crippen LogP contribution in [0.3, 0.4) is 0 Å². The van der Waals surface area contributed by atoms with E-state index in [1.165, 1.54) is 19.1 Å². The largest absolute Gasteiger partial charge is 0.477 e. The molecule has 33 heavy (non-hydrogen) atoms. The number of aromatic carboxylic acids is 1. The smallest absolute Gasteiger partial charge is 0.344 e. The lowest BCUT2D eigenvalue weighted by Gasteiger charge is -2.29. The average Bonchev–Trinajstić information content (AvgIpc) is 3.19. The van der Waals surface area contributed by atoms with Crippen LogP contribution in [0.25, 0.3) is 0 Å². The molecule has 3 rings (SSSR count). The molecule has 1 fully saturated rings. The van der Waals surface area contributed by atoms with Crippen molar-refractivity contribution < 1.29 is 33.0 Å². The van der Waals surface area contributed by atoms with Crippen LogP contribution in [-0.4, -0.2) is 65.8 Å². The minimum absolute atomic E-state index is 0.0219. The van der Waals surface area contributed by atoms with E-state index in [0.29, 0.717) is 19.8 Å². The van der Waals surface area contributed by atoms with Crippen LogP contribution in [0.2, 0.25) is 0 Å². The van der Waals surface area contributed by atoms with Crippen molar-refractivity contribution in [3.05, 3.63) is 40.5 Å². The zero-order chi connectivity index (χ0) is 24.0. The van der Waals surface area contributed by atoms with E-state index in [4.69, 9.17) is 9.47 Å². The Hall–Kier alpha value is -2.83. The van der Waals surface area contributed by atoms with Crippen molar-refractivity contribution in [1.82, 2.24) is 14.6 Å². The molecule has 0 spiro atoms. The van der Waals surface area contributed by atoms with Gasteiger partial charge in [-0.05, 0) is 29.9 Å². The summed E-state index contributed by atoms with van der Waals surface area (Å²) in [4.78, 5) is 26.3. The van der Waals surface area contributed by atoms with E-state index in [9.17, 15) is 23.5 Å². The van der Waals surface area contributed by atoms with E-state index in [-0.39, 0.29) is 33.5 Å². The fraction of sp³-hybridized carbons (Fsp3) is 0.476. The van der Waals surface area contributed by atoms with Crippen molar-refractivity contribution in [3.8, 4) is 5.88 Å². The molecule has 0 saturated carbocycles. The van der Waals surface area contributed by atoms with E-state index in [0.717, 1.165) is 31.2 Å². The number of urea groups is 1. The number of benzene rings is 1. The van der Waals surface area contributed by atoms with Gasteiger partial charge in [-0.3, -0.25) is 10.2 Å². The maximum Gasteiger partial charge on any atom is 0.344 e. The first-order chi connectivity index (χ1) is 15.8. The lowest BCUT2D eigenvalue weighted by atomic mass is 10.1. The van der Waals surface area contributed by atoms with E-state index in [2.05, 4.69) is 19.9 Å². The second-order valence-corrected chi connectivity index (χ2v) is 8.58. The highest BCUT2D eigenvalue weighted by atomic mass is 32.1. The Bertz CT molecular complexity index is 997. The summed E-state index contributed by atoms with van der Waals surface area (Å²) in [5.41, 5.74) is -0.290. The predicted octanol–water partition coefficient (Wildman–Crippen LogP) is 3.10. The van der Waals surface area contributed by atoms with Gasteiger partial charge in [-0.2, -0.15) is 4.37 Å². The number of morpholine rings is 1. The Balaban J connectivity index is 1.57. The number of carboxylic acids is 1. The lowest BCUT2D eigenvalue weighted by Crippen LogP contribution is -2.42. The summed E-state index contributed by atoms with van der Waals surface area (Å²) in [6.07, 6.45) is 0. The Morgan fingerprint density at radius 2 is 2.03 bits per heavy atom. The molecule has 3 N–H and O–H groups in total. The van der Waals surface area contributed by atoms with E-state index in [1.807, 2.05) is 6.92 Å². The number of hydrogen-bond acceptors (Lipinski definition) is 7.